The minimum atomic E-state index is -4.00. The minimum absolute atomic E-state index is 0.107. The molecule has 1 aliphatic rings. The fourth-order valence-electron chi connectivity index (χ4n) is 2.70. The van der Waals surface area contributed by atoms with Crippen molar-refractivity contribution >= 4 is 21.9 Å². The highest BCUT2D eigenvalue weighted by Crippen LogP contribution is 2.23. The van der Waals surface area contributed by atoms with Gasteiger partial charge in [-0.2, -0.15) is 0 Å². The van der Waals surface area contributed by atoms with Gasteiger partial charge in [0.15, 0.2) is 6.61 Å². The van der Waals surface area contributed by atoms with Crippen molar-refractivity contribution in [3.8, 4) is 5.75 Å². The first-order valence-electron chi connectivity index (χ1n) is 7.93. The number of morpholine rings is 1. The lowest BCUT2D eigenvalue weighted by molar-refractivity contribution is -0.146. The molecule has 2 N–H and O–H groups in total. The molecular formula is C16H22N2O7S. The van der Waals surface area contributed by atoms with Gasteiger partial charge in [-0.25, -0.2) is 18.4 Å². The number of hydrogen-bond acceptors (Lipinski definition) is 7. The summed E-state index contributed by atoms with van der Waals surface area (Å²) in [6.07, 6.45) is -0.213. The van der Waals surface area contributed by atoms with E-state index in [2.05, 4.69) is 0 Å². The van der Waals surface area contributed by atoms with E-state index < -0.39 is 22.6 Å². The normalized spacial score (nSPS) is 20.5. The van der Waals surface area contributed by atoms with E-state index in [1.807, 2.05) is 13.8 Å². The maximum atomic E-state index is 12.3. The highest BCUT2D eigenvalue weighted by atomic mass is 32.2. The second kappa shape index (κ2) is 8.02. The van der Waals surface area contributed by atoms with Crippen molar-refractivity contribution in [3.05, 3.63) is 23.8 Å². The van der Waals surface area contributed by atoms with E-state index in [0.29, 0.717) is 13.1 Å². The maximum Gasteiger partial charge on any atom is 0.342 e. The van der Waals surface area contributed by atoms with E-state index in [0.717, 1.165) is 6.07 Å². The van der Waals surface area contributed by atoms with E-state index in [4.69, 9.17) is 19.3 Å². The first-order chi connectivity index (χ1) is 12.1. The van der Waals surface area contributed by atoms with Gasteiger partial charge in [-0.15, -0.1) is 0 Å². The monoisotopic (exact) mass is 386 g/mol. The molecule has 1 amide bonds. The molecule has 1 heterocycles. The van der Waals surface area contributed by atoms with Gasteiger partial charge in [0.25, 0.3) is 5.91 Å². The number of carbonyl (C=O) groups excluding carboxylic acids is 2. The third kappa shape index (κ3) is 4.93. The average Bonchev–Trinajstić information content (AvgIpc) is 2.57. The molecule has 0 bridgehead atoms. The quantitative estimate of drug-likeness (QED) is 0.713. The van der Waals surface area contributed by atoms with Crippen LogP contribution in [0.3, 0.4) is 0 Å². The molecule has 0 aliphatic carbocycles. The van der Waals surface area contributed by atoms with Crippen LogP contribution in [0, 0.1) is 0 Å². The van der Waals surface area contributed by atoms with Gasteiger partial charge in [0.1, 0.15) is 11.3 Å². The molecular weight excluding hydrogens is 364 g/mol. The number of rotatable bonds is 5. The summed E-state index contributed by atoms with van der Waals surface area (Å²) in [4.78, 5) is 25.8. The molecule has 1 saturated heterocycles. The number of amides is 1. The van der Waals surface area contributed by atoms with Crippen LogP contribution in [-0.2, 0) is 24.3 Å². The largest absolute Gasteiger partial charge is 0.496 e. The van der Waals surface area contributed by atoms with Crippen molar-refractivity contribution < 1.29 is 32.2 Å². The average molecular weight is 386 g/mol. The van der Waals surface area contributed by atoms with Crippen LogP contribution < -0.4 is 9.88 Å². The van der Waals surface area contributed by atoms with Gasteiger partial charge < -0.3 is 19.1 Å². The summed E-state index contributed by atoms with van der Waals surface area (Å²) >= 11 is 0. The Balaban J connectivity index is 2.08. The lowest BCUT2D eigenvalue weighted by Gasteiger charge is -2.35. The molecule has 0 saturated carbocycles. The van der Waals surface area contributed by atoms with Crippen LogP contribution in [0.15, 0.2) is 23.1 Å². The highest BCUT2D eigenvalue weighted by Gasteiger charge is 2.27. The van der Waals surface area contributed by atoms with Gasteiger partial charge in [-0.05, 0) is 32.0 Å². The van der Waals surface area contributed by atoms with Crippen LogP contribution in [-0.4, -0.2) is 64.2 Å². The van der Waals surface area contributed by atoms with Crippen molar-refractivity contribution in [2.75, 3.05) is 26.8 Å². The van der Waals surface area contributed by atoms with Crippen molar-refractivity contribution in [3.63, 3.8) is 0 Å². The lowest BCUT2D eigenvalue weighted by Crippen LogP contribution is -2.49. The summed E-state index contributed by atoms with van der Waals surface area (Å²) in [5, 5.41) is 5.07. The molecule has 10 heteroatoms. The third-order valence-electron chi connectivity index (χ3n) is 3.82. The third-order valence-corrected chi connectivity index (χ3v) is 4.73. The van der Waals surface area contributed by atoms with Gasteiger partial charge in [0.05, 0.1) is 24.2 Å². The number of hydrogen-bond donors (Lipinski definition) is 1. The standard InChI is InChI=1S/C16H22N2O7S/c1-10-7-18(8-11(2)25-10)15(19)9-24-16(20)13-6-12(26(17,21)22)4-5-14(13)23-3/h4-6,10-11H,7-9H2,1-3H3,(H2,17,21,22)/t10-,11+. The molecule has 1 aromatic rings. The van der Waals surface area contributed by atoms with E-state index in [-0.39, 0.29) is 34.3 Å². The van der Waals surface area contributed by atoms with Crippen LogP contribution in [0.5, 0.6) is 5.75 Å². The molecule has 1 fully saturated rings. The number of nitrogens with two attached hydrogens (primary N) is 1. The van der Waals surface area contributed by atoms with E-state index >= 15 is 0 Å². The second-order valence-electron chi connectivity index (χ2n) is 6.04. The number of methoxy groups -OCH3 is 1. The Labute approximate surface area is 152 Å². The number of esters is 1. The van der Waals surface area contributed by atoms with E-state index in [1.54, 1.807) is 4.90 Å². The summed E-state index contributed by atoms with van der Waals surface area (Å²) < 4.78 is 38.5. The Bertz CT molecular complexity index is 784. The van der Waals surface area contributed by atoms with Crippen molar-refractivity contribution in [2.45, 2.75) is 31.0 Å². The predicted octanol–water partition coefficient (Wildman–Crippen LogP) is 0.135. The summed E-state index contributed by atoms with van der Waals surface area (Å²) in [7, 11) is -2.67. The SMILES string of the molecule is COc1ccc(S(N)(=O)=O)cc1C(=O)OCC(=O)N1C[C@@H](C)O[C@@H](C)C1. The van der Waals surface area contributed by atoms with Crippen LogP contribution in [0.2, 0.25) is 0 Å². The molecule has 0 spiro atoms. The van der Waals surface area contributed by atoms with Crippen molar-refractivity contribution in [1.29, 1.82) is 0 Å². The van der Waals surface area contributed by atoms with Gasteiger partial charge >= 0.3 is 5.97 Å². The Morgan fingerprint density at radius 1 is 1.27 bits per heavy atom. The smallest absolute Gasteiger partial charge is 0.342 e. The number of ether oxygens (including phenoxy) is 3. The zero-order valence-electron chi connectivity index (χ0n) is 14.8. The van der Waals surface area contributed by atoms with Crippen LogP contribution in [0.1, 0.15) is 24.2 Å². The highest BCUT2D eigenvalue weighted by molar-refractivity contribution is 7.89. The maximum absolute atomic E-state index is 12.3. The van der Waals surface area contributed by atoms with Crippen molar-refractivity contribution in [2.24, 2.45) is 5.14 Å². The zero-order chi connectivity index (χ0) is 19.5. The van der Waals surface area contributed by atoms with Gasteiger partial charge in [-0.1, -0.05) is 0 Å². The van der Waals surface area contributed by atoms with Crippen LogP contribution in [0.25, 0.3) is 0 Å². The molecule has 0 radical (unpaired) electrons. The van der Waals surface area contributed by atoms with Crippen LogP contribution in [0.4, 0.5) is 0 Å². The molecule has 0 unspecified atom stereocenters. The van der Waals surface area contributed by atoms with Crippen molar-refractivity contribution in [1.82, 2.24) is 4.90 Å². The number of nitrogens with zero attached hydrogens (tertiary/aromatic N) is 1. The Morgan fingerprint density at radius 3 is 2.42 bits per heavy atom. The number of sulfonamides is 1. The number of carbonyl (C=O) groups is 2. The van der Waals surface area contributed by atoms with E-state index in [9.17, 15) is 18.0 Å². The fraction of sp³-hybridized carbons (Fsp3) is 0.500. The van der Waals surface area contributed by atoms with Gasteiger partial charge in [0, 0.05) is 13.1 Å². The van der Waals surface area contributed by atoms with Gasteiger partial charge in [0.2, 0.25) is 10.0 Å². The number of benzene rings is 1. The summed E-state index contributed by atoms with van der Waals surface area (Å²) in [6, 6.07) is 3.57. The number of primary sulfonamides is 1. The minimum Gasteiger partial charge on any atom is -0.496 e. The van der Waals surface area contributed by atoms with Gasteiger partial charge in [-0.3, -0.25) is 4.79 Å². The molecule has 0 aromatic heterocycles. The Morgan fingerprint density at radius 2 is 1.88 bits per heavy atom. The molecule has 1 aromatic carbocycles. The first-order valence-corrected chi connectivity index (χ1v) is 9.47. The molecule has 9 nitrogen and oxygen atoms in total. The summed E-state index contributed by atoms with van der Waals surface area (Å²) in [5.41, 5.74) is -0.129. The first kappa shape index (κ1) is 20.1. The summed E-state index contributed by atoms with van der Waals surface area (Å²) in [5.74, 6) is -1.12. The van der Waals surface area contributed by atoms with E-state index in [1.165, 1.54) is 19.2 Å². The molecule has 2 rings (SSSR count). The molecule has 1 aliphatic heterocycles. The Hall–Kier alpha value is -2.17. The van der Waals surface area contributed by atoms with Crippen LogP contribution >= 0.6 is 0 Å². The topological polar surface area (TPSA) is 125 Å². The Kier molecular flexibility index (Phi) is 6.21. The second-order valence-corrected chi connectivity index (χ2v) is 7.60. The fourth-order valence-corrected chi connectivity index (χ4v) is 3.24. The summed E-state index contributed by atoms with van der Waals surface area (Å²) in [6.45, 7) is 4.05. The lowest BCUT2D eigenvalue weighted by atomic mass is 10.2. The molecule has 144 valence electrons. The molecule has 26 heavy (non-hydrogen) atoms. The predicted molar refractivity (Wildman–Crippen MR) is 91.2 cm³/mol. The molecule has 2 atom stereocenters. The zero-order valence-corrected chi connectivity index (χ0v) is 15.6.